The first-order valence-corrected chi connectivity index (χ1v) is 7.92. The van der Waals surface area contributed by atoms with E-state index < -0.39 is 0 Å². The van der Waals surface area contributed by atoms with Crippen LogP contribution in [0.1, 0.15) is 51.6 Å². The molecule has 0 aliphatic rings. The molecule has 0 fully saturated rings. The summed E-state index contributed by atoms with van der Waals surface area (Å²) in [6, 6.07) is 7.20. The monoisotopic (exact) mass is 280 g/mol. The second-order valence-electron chi connectivity index (χ2n) is 5.24. The molecule has 2 nitrogen and oxygen atoms in total. The van der Waals surface area contributed by atoms with E-state index in [9.17, 15) is 4.39 Å². The van der Waals surface area contributed by atoms with Crippen LogP contribution in [0, 0.1) is 5.82 Å². The fourth-order valence-electron chi connectivity index (χ4n) is 2.45. The van der Waals surface area contributed by atoms with Crippen molar-refractivity contribution in [2.75, 3.05) is 26.2 Å². The summed E-state index contributed by atoms with van der Waals surface area (Å²) in [4.78, 5) is 2.50. The number of rotatable bonds is 10. The van der Waals surface area contributed by atoms with Gasteiger partial charge in [0.25, 0.3) is 0 Å². The Morgan fingerprint density at radius 2 is 1.80 bits per heavy atom. The number of nitrogens with one attached hydrogen (secondary N) is 1. The molecule has 0 amide bonds. The molecular weight excluding hydrogens is 251 g/mol. The fraction of sp³-hybridized carbons (Fsp3) is 0.647. The molecule has 0 aliphatic heterocycles. The standard InChI is InChI=1S/C17H29FN2/c1-4-7-13-20(6-3)14-12-17(19-5-2)15-8-10-16(18)11-9-15/h8-11,17,19H,4-7,12-14H2,1-3H3. The van der Waals surface area contributed by atoms with Gasteiger partial charge in [-0.3, -0.25) is 0 Å². The zero-order chi connectivity index (χ0) is 14.8. The largest absolute Gasteiger partial charge is 0.310 e. The lowest BCUT2D eigenvalue weighted by atomic mass is 10.0. The highest BCUT2D eigenvalue weighted by molar-refractivity contribution is 5.19. The van der Waals surface area contributed by atoms with Crippen molar-refractivity contribution in [1.29, 1.82) is 0 Å². The molecule has 114 valence electrons. The smallest absolute Gasteiger partial charge is 0.123 e. The molecule has 0 radical (unpaired) electrons. The van der Waals surface area contributed by atoms with Gasteiger partial charge < -0.3 is 10.2 Å². The fourth-order valence-corrected chi connectivity index (χ4v) is 2.45. The van der Waals surface area contributed by atoms with Crippen LogP contribution in [-0.4, -0.2) is 31.1 Å². The molecule has 1 unspecified atom stereocenters. The summed E-state index contributed by atoms with van der Waals surface area (Å²) >= 11 is 0. The van der Waals surface area contributed by atoms with Gasteiger partial charge >= 0.3 is 0 Å². The Balaban J connectivity index is 2.55. The van der Waals surface area contributed by atoms with E-state index >= 15 is 0 Å². The Morgan fingerprint density at radius 3 is 2.35 bits per heavy atom. The maximum atomic E-state index is 13.0. The van der Waals surface area contributed by atoms with Crippen LogP contribution in [0.15, 0.2) is 24.3 Å². The van der Waals surface area contributed by atoms with Gasteiger partial charge in [0.05, 0.1) is 0 Å². The highest BCUT2D eigenvalue weighted by Gasteiger charge is 2.12. The third-order valence-corrected chi connectivity index (χ3v) is 3.73. The van der Waals surface area contributed by atoms with Crippen molar-refractivity contribution in [1.82, 2.24) is 10.2 Å². The summed E-state index contributed by atoms with van der Waals surface area (Å²) in [7, 11) is 0. The zero-order valence-corrected chi connectivity index (χ0v) is 13.2. The predicted molar refractivity (Wildman–Crippen MR) is 84.5 cm³/mol. The minimum absolute atomic E-state index is 0.165. The Kier molecular flexibility index (Phi) is 8.47. The van der Waals surface area contributed by atoms with Crippen LogP contribution in [0.3, 0.4) is 0 Å². The average Bonchev–Trinajstić information content (AvgIpc) is 2.47. The Morgan fingerprint density at radius 1 is 1.10 bits per heavy atom. The van der Waals surface area contributed by atoms with E-state index in [0.717, 1.165) is 26.1 Å². The van der Waals surface area contributed by atoms with Gasteiger partial charge in [-0.1, -0.05) is 39.3 Å². The number of nitrogens with zero attached hydrogens (tertiary/aromatic N) is 1. The van der Waals surface area contributed by atoms with E-state index in [-0.39, 0.29) is 5.82 Å². The Labute approximate surface area is 123 Å². The van der Waals surface area contributed by atoms with E-state index in [1.807, 2.05) is 12.1 Å². The summed E-state index contributed by atoms with van der Waals surface area (Å²) < 4.78 is 13.0. The summed E-state index contributed by atoms with van der Waals surface area (Å²) in [6.45, 7) is 10.9. The van der Waals surface area contributed by atoms with E-state index in [1.165, 1.54) is 24.9 Å². The molecule has 1 aromatic rings. The molecule has 1 atom stereocenters. The summed E-state index contributed by atoms with van der Waals surface area (Å²) in [6.07, 6.45) is 3.57. The van der Waals surface area contributed by atoms with Crippen molar-refractivity contribution < 1.29 is 4.39 Å². The quantitative estimate of drug-likeness (QED) is 0.697. The van der Waals surface area contributed by atoms with Crippen molar-refractivity contribution in [3.05, 3.63) is 35.6 Å². The minimum atomic E-state index is -0.165. The maximum absolute atomic E-state index is 13.0. The highest BCUT2D eigenvalue weighted by Crippen LogP contribution is 2.18. The Bertz CT molecular complexity index is 351. The summed E-state index contributed by atoms with van der Waals surface area (Å²) in [5, 5.41) is 3.50. The second-order valence-corrected chi connectivity index (χ2v) is 5.24. The SMILES string of the molecule is CCCCN(CC)CCC(NCC)c1ccc(F)cc1. The van der Waals surface area contributed by atoms with Crippen LogP contribution in [0.25, 0.3) is 0 Å². The third-order valence-electron chi connectivity index (χ3n) is 3.73. The van der Waals surface area contributed by atoms with Gasteiger partial charge in [-0.2, -0.15) is 0 Å². The first kappa shape index (κ1) is 17.1. The molecule has 0 heterocycles. The number of hydrogen-bond acceptors (Lipinski definition) is 2. The van der Waals surface area contributed by atoms with Crippen LogP contribution in [0.5, 0.6) is 0 Å². The van der Waals surface area contributed by atoms with Crippen LogP contribution in [0.4, 0.5) is 4.39 Å². The number of benzene rings is 1. The van der Waals surface area contributed by atoms with Crippen molar-refractivity contribution >= 4 is 0 Å². The summed E-state index contributed by atoms with van der Waals surface area (Å²) in [5.41, 5.74) is 1.18. The van der Waals surface area contributed by atoms with Gasteiger partial charge in [0, 0.05) is 6.04 Å². The van der Waals surface area contributed by atoms with Crippen LogP contribution < -0.4 is 5.32 Å². The van der Waals surface area contributed by atoms with Gasteiger partial charge in [-0.05, 0) is 56.7 Å². The van der Waals surface area contributed by atoms with E-state index in [2.05, 4.69) is 31.0 Å². The lowest BCUT2D eigenvalue weighted by Gasteiger charge is -2.24. The van der Waals surface area contributed by atoms with Crippen molar-refractivity contribution in [3.8, 4) is 0 Å². The van der Waals surface area contributed by atoms with Gasteiger partial charge in [0.2, 0.25) is 0 Å². The van der Waals surface area contributed by atoms with Gasteiger partial charge in [-0.15, -0.1) is 0 Å². The van der Waals surface area contributed by atoms with Gasteiger partial charge in [-0.25, -0.2) is 4.39 Å². The molecular formula is C17H29FN2. The molecule has 20 heavy (non-hydrogen) atoms. The molecule has 1 aromatic carbocycles. The van der Waals surface area contributed by atoms with E-state index in [0.29, 0.717) is 6.04 Å². The number of halogens is 1. The molecule has 1 rings (SSSR count). The highest BCUT2D eigenvalue weighted by atomic mass is 19.1. The van der Waals surface area contributed by atoms with Crippen molar-refractivity contribution in [2.45, 2.75) is 46.1 Å². The topological polar surface area (TPSA) is 15.3 Å². The molecule has 0 spiro atoms. The molecule has 1 N–H and O–H groups in total. The molecule has 0 saturated carbocycles. The molecule has 0 aliphatic carbocycles. The Hall–Kier alpha value is -0.930. The first-order chi connectivity index (χ1) is 9.71. The normalized spacial score (nSPS) is 12.8. The van der Waals surface area contributed by atoms with Crippen LogP contribution in [-0.2, 0) is 0 Å². The van der Waals surface area contributed by atoms with Crippen LogP contribution >= 0.6 is 0 Å². The first-order valence-electron chi connectivity index (χ1n) is 7.92. The molecule has 0 aromatic heterocycles. The van der Waals surface area contributed by atoms with Crippen molar-refractivity contribution in [3.63, 3.8) is 0 Å². The maximum Gasteiger partial charge on any atom is 0.123 e. The molecule has 0 bridgehead atoms. The minimum Gasteiger partial charge on any atom is -0.310 e. The summed E-state index contributed by atoms with van der Waals surface area (Å²) in [5.74, 6) is -0.165. The molecule has 0 saturated heterocycles. The number of unbranched alkanes of at least 4 members (excludes halogenated alkanes) is 1. The lowest BCUT2D eigenvalue weighted by molar-refractivity contribution is 0.265. The predicted octanol–water partition coefficient (Wildman–Crippen LogP) is 3.99. The average molecular weight is 280 g/mol. The van der Waals surface area contributed by atoms with Gasteiger partial charge in [0.15, 0.2) is 0 Å². The van der Waals surface area contributed by atoms with Crippen LogP contribution in [0.2, 0.25) is 0 Å². The van der Waals surface area contributed by atoms with Crippen molar-refractivity contribution in [2.24, 2.45) is 0 Å². The number of hydrogen-bond donors (Lipinski definition) is 1. The lowest BCUT2D eigenvalue weighted by Crippen LogP contribution is -2.30. The zero-order valence-electron chi connectivity index (χ0n) is 13.2. The third kappa shape index (κ3) is 6.02. The van der Waals surface area contributed by atoms with Gasteiger partial charge in [0.1, 0.15) is 5.82 Å². The molecule has 3 heteroatoms. The van der Waals surface area contributed by atoms with E-state index in [4.69, 9.17) is 0 Å². The van der Waals surface area contributed by atoms with E-state index in [1.54, 1.807) is 12.1 Å². The second kappa shape index (κ2) is 9.89.